The number of likely N-dealkylation sites (tertiary alicyclic amines) is 1. The average Bonchev–Trinajstić information content (AvgIpc) is 2.65. The lowest BCUT2D eigenvalue weighted by Gasteiger charge is -2.44. The maximum absolute atomic E-state index is 12.8. The van der Waals surface area contributed by atoms with Crippen molar-refractivity contribution in [2.45, 2.75) is 37.5 Å². The van der Waals surface area contributed by atoms with Gasteiger partial charge in [-0.1, -0.05) is 54.6 Å². The van der Waals surface area contributed by atoms with E-state index in [9.17, 15) is 4.79 Å². The first kappa shape index (κ1) is 15.6. The van der Waals surface area contributed by atoms with E-state index in [0.717, 1.165) is 51.7 Å². The number of piperidine rings is 1. The smallest absolute Gasteiger partial charge is 0.143 e. The summed E-state index contributed by atoms with van der Waals surface area (Å²) in [4.78, 5) is 15.3. The minimum atomic E-state index is -0.196. The van der Waals surface area contributed by atoms with Gasteiger partial charge in [0.05, 0.1) is 5.41 Å². The number of carbonyl (C=O) groups excluding carboxylic acids is 1. The molecule has 0 N–H and O–H groups in total. The van der Waals surface area contributed by atoms with E-state index < -0.39 is 0 Å². The number of benzene rings is 2. The summed E-state index contributed by atoms with van der Waals surface area (Å²) in [5.74, 6) is 0.476. The lowest BCUT2D eigenvalue weighted by atomic mass is 9.64. The number of ketones is 1. The molecule has 2 heteroatoms. The highest BCUT2D eigenvalue weighted by atomic mass is 16.1. The van der Waals surface area contributed by atoms with Crippen molar-refractivity contribution in [3.05, 3.63) is 71.3 Å². The van der Waals surface area contributed by atoms with Crippen LogP contribution in [-0.4, -0.2) is 30.3 Å². The Morgan fingerprint density at radius 3 is 2.38 bits per heavy atom. The third kappa shape index (κ3) is 2.80. The predicted octanol–water partition coefficient (Wildman–Crippen LogP) is 3.78. The number of fused-ring (bicyclic) bond motifs is 2. The van der Waals surface area contributed by atoms with Gasteiger partial charge in [0.25, 0.3) is 0 Å². The van der Waals surface area contributed by atoms with E-state index in [1.165, 1.54) is 16.7 Å². The highest BCUT2D eigenvalue weighted by Gasteiger charge is 2.45. The number of aryl methyl sites for hydroxylation is 1. The molecule has 1 spiro atoms. The number of carbonyl (C=O) groups is 1. The fourth-order valence-corrected chi connectivity index (χ4v) is 4.48. The van der Waals surface area contributed by atoms with Gasteiger partial charge in [0.1, 0.15) is 5.78 Å². The molecule has 0 atom stereocenters. The predicted molar refractivity (Wildman–Crippen MR) is 97.3 cm³/mol. The Balaban J connectivity index is 1.45. The molecular weight excluding hydrogens is 294 g/mol. The third-order valence-electron chi connectivity index (χ3n) is 5.96. The largest absolute Gasteiger partial charge is 0.303 e. The minimum Gasteiger partial charge on any atom is -0.303 e. The summed E-state index contributed by atoms with van der Waals surface area (Å²) in [7, 11) is 0. The van der Waals surface area contributed by atoms with E-state index >= 15 is 0 Å². The minimum absolute atomic E-state index is 0.196. The first-order chi connectivity index (χ1) is 11.8. The molecule has 2 aliphatic rings. The molecule has 1 saturated heterocycles. The van der Waals surface area contributed by atoms with Crippen LogP contribution in [0, 0.1) is 0 Å². The van der Waals surface area contributed by atoms with Crippen LogP contribution in [0.4, 0.5) is 0 Å². The van der Waals surface area contributed by atoms with Gasteiger partial charge < -0.3 is 4.90 Å². The molecule has 2 aromatic rings. The Hall–Kier alpha value is -1.93. The van der Waals surface area contributed by atoms with Gasteiger partial charge in [-0.05, 0) is 55.5 Å². The van der Waals surface area contributed by atoms with E-state index in [-0.39, 0.29) is 5.41 Å². The van der Waals surface area contributed by atoms with Gasteiger partial charge >= 0.3 is 0 Å². The van der Waals surface area contributed by atoms with Gasteiger partial charge in [-0.15, -0.1) is 0 Å². The van der Waals surface area contributed by atoms with Gasteiger partial charge in [-0.2, -0.15) is 0 Å². The van der Waals surface area contributed by atoms with Crippen LogP contribution in [-0.2, 0) is 23.1 Å². The summed E-state index contributed by atoms with van der Waals surface area (Å²) < 4.78 is 0. The summed E-state index contributed by atoms with van der Waals surface area (Å²) in [5, 5.41) is 0. The summed E-state index contributed by atoms with van der Waals surface area (Å²) in [6.07, 6.45) is 4.71. The maximum Gasteiger partial charge on any atom is 0.143 e. The van der Waals surface area contributed by atoms with Crippen LogP contribution in [0.15, 0.2) is 54.6 Å². The summed E-state index contributed by atoms with van der Waals surface area (Å²) in [5.41, 5.74) is 3.92. The quantitative estimate of drug-likeness (QED) is 0.858. The lowest BCUT2D eigenvalue weighted by molar-refractivity contribution is -0.127. The first-order valence-electron chi connectivity index (χ1n) is 9.16. The molecule has 124 valence electrons. The standard InChI is InChI=1S/C22H25NO/c24-21-11-10-19-8-4-5-9-20(19)22(21)13-16-23(17-14-22)15-12-18-6-2-1-3-7-18/h1-9H,10-17H2. The van der Waals surface area contributed by atoms with E-state index in [4.69, 9.17) is 0 Å². The molecule has 0 radical (unpaired) electrons. The van der Waals surface area contributed by atoms with Crippen LogP contribution in [0.2, 0.25) is 0 Å². The molecule has 0 unspecified atom stereocenters. The normalized spacial score (nSPS) is 20.1. The molecule has 2 aromatic carbocycles. The van der Waals surface area contributed by atoms with Crippen LogP contribution >= 0.6 is 0 Å². The van der Waals surface area contributed by atoms with Gasteiger partial charge in [-0.3, -0.25) is 4.79 Å². The van der Waals surface area contributed by atoms with E-state index in [1.54, 1.807) is 0 Å². The molecule has 2 nitrogen and oxygen atoms in total. The zero-order valence-electron chi connectivity index (χ0n) is 14.2. The number of hydrogen-bond donors (Lipinski definition) is 0. The van der Waals surface area contributed by atoms with Gasteiger partial charge in [0.15, 0.2) is 0 Å². The van der Waals surface area contributed by atoms with Crippen LogP contribution in [0.25, 0.3) is 0 Å². The molecule has 24 heavy (non-hydrogen) atoms. The Labute approximate surface area is 144 Å². The SMILES string of the molecule is O=C1CCc2ccccc2C12CCN(CCc1ccccc1)CC2. The Morgan fingerprint density at radius 2 is 1.58 bits per heavy atom. The van der Waals surface area contributed by atoms with Crippen molar-refractivity contribution >= 4 is 5.78 Å². The van der Waals surface area contributed by atoms with Crippen molar-refractivity contribution in [1.82, 2.24) is 4.90 Å². The summed E-state index contributed by atoms with van der Waals surface area (Å²) in [6, 6.07) is 19.3. The van der Waals surface area contributed by atoms with Crippen LogP contribution in [0.5, 0.6) is 0 Å². The first-order valence-corrected chi connectivity index (χ1v) is 9.16. The third-order valence-corrected chi connectivity index (χ3v) is 5.96. The molecule has 1 aliphatic heterocycles. The molecule has 0 amide bonds. The molecule has 1 fully saturated rings. The Morgan fingerprint density at radius 1 is 0.875 bits per heavy atom. The second-order valence-electron chi connectivity index (χ2n) is 7.24. The Kier molecular flexibility index (Phi) is 4.24. The van der Waals surface area contributed by atoms with Crippen molar-refractivity contribution in [2.24, 2.45) is 0 Å². The van der Waals surface area contributed by atoms with E-state index in [2.05, 4.69) is 59.5 Å². The van der Waals surface area contributed by atoms with Crippen LogP contribution in [0.1, 0.15) is 36.0 Å². The summed E-state index contributed by atoms with van der Waals surface area (Å²) in [6.45, 7) is 3.16. The zero-order valence-corrected chi connectivity index (χ0v) is 14.2. The summed E-state index contributed by atoms with van der Waals surface area (Å²) >= 11 is 0. The molecule has 4 rings (SSSR count). The average molecular weight is 319 g/mol. The second-order valence-corrected chi connectivity index (χ2v) is 7.24. The molecule has 1 heterocycles. The monoisotopic (exact) mass is 319 g/mol. The lowest BCUT2D eigenvalue weighted by Crippen LogP contribution is -2.49. The molecule has 0 aromatic heterocycles. The second kappa shape index (κ2) is 6.52. The number of nitrogens with zero attached hydrogens (tertiary/aromatic N) is 1. The van der Waals surface area contributed by atoms with Crippen LogP contribution < -0.4 is 0 Å². The van der Waals surface area contributed by atoms with Crippen molar-refractivity contribution < 1.29 is 4.79 Å². The molecule has 0 bridgehead atoms. The highest BCUT2D eigenvalue weighted by Crippen LogP contribution is 2.42. The van der Waals surface area contributed by atoms with Crippen molar-refractivity contribution in [3.63, 3.8) is 0 Å². The van der Waals surface area contributed by atoms with Gasteiger partial charge in [0, 0.05) is 13.0 Å². The van der Waals surface area contributed by atoms with Crippen molar-refractivity contribution in [3.8, 4) is 0 Å². The highest BCUT2D eigenvalue weighted by molar-refractivity contribution is 5.92. The van der Waals surface area contributed by atoms with E-state index in [1.807, 2.05) is 0 Å². The van der Waals surface area contributed by atoms with Crippen LogP contribution in [0.3, 0.4) is 0 Å². The number of hydrogen-bond acceptors (Lipinski definition) is 2. The topological polar surface area (TPSA) is 20.3 Å². The number of Topliss-reactive ketones (excluding diaryl/α,β-unsaturated/α-hetero) is 1. The molecular formula is C22H25NO. The van der Waals surface area contributed by atoms with Gasteiger partial charge in [0.2, 0.25) is 0 Å². The fraction of sp³-hybridized carbons (Fsp3) is 0.409. The maximum atomic E-state index is 12.8. The van der Waals surface area contributed by atoms with Gasteiger partial charge in [-0.25, -0.2) is 0 Å². The number of rotatable bonds is 3. The van der Waals surface area contributed by atoms with Crippen molar-refractivity contribution in [1.29, 1.82) is 0 Å². The Bertz CT molecular complexity index is 714. The molecule has 1 aliphatic carbocycles. The fourth-order valence-electron chi connectivity index (χ4n) is 4.48. The van der Waals surface area contributed by atoms with E-state index in [0.29, 0.717) is 5.78 Å². The van der Waals surface area contributed by atoms with Crippen molar-refractivity contribution in [2.75, 3.05) is 19.6 Å². The zero-order chi connectivity index (χ0) is 16.4. The molecule has 0 saturated carbocycles.